The first-order valence-electron chi connectivity index (χ1n) is 6.62. The quantitative estimate of drug-likeness (QED) is 0.459. The number of benzene rings is 1. The van der Waals surface area contributed by atoms with Gasteiger partial charge in [0.05, 0.1) is 18.7 Å². The van der Waals surface area contributed by atoms with Gasteiger partial charge in [-0.05, 0) is 25.0 Å². The van der Waals surface area contributed by atoms with Crippen molar-refractivity contribution in [2.45, 2.75) is 25.7 Å². The summed E-state index contributed by atoms with van der Waals surface area (Å²) in [4.78, 5) is 22.0. The molecule has 0 saturated carbocycles. The molecule has 0 aliphatic rings. The van der Waals surface area contributed by atoms with Crippen LogP contribution in [0, 0.1) is 0 Å². The fraction of sp³-hybridized carbons (Fsp3) is 0.429. The lowest BCUT2D eigenvalue weighted by molar-refractivity contribution is -0.121. The van der Waals surface area contributed by atoms with E-state index < -0.39 is 0 Å². The van der Waals surface area contributed by atoms with Gasteiger partial charge in [0.15, 0.2) is 0 Å². The summed E-state index contributed by atoms with van der Waals surface area (Å²) < 4.78 is 5.42. The standard InChI is InChI=1S/C14H21N3O3/c15-11-5-1-2-6-12(11)20-10-8-14(19)17-9-4-3-7-13(16)18/h1-2,5-6H,3-4,7-10,15H2,(H2,16,18)(H,17,19). The Hall–Kier alpha value is -2.24. The topological polar surface area (TPSA) is 107 Å². The summed E-state index contributed by atoms with van der Waals surface area (Å²) in [6, 6.07) is 7.15. The number of primary amides is 1. The zero-order chi connectivity index (χ0) is 14.8. The normalized spacial score (nSPS) is 10.0. The molecule has 20 heavy (non-hydrogen) atoms. The van der Waals surface area contributed by atoms with Gasteiger partial charge in [0.25, 0.3) is 0 Å². The van der Waals surface area contributed by atoms with Crippen LogP contribution >= 0.6 is 0 Å². The predicted octanol–water partition coefficient (Wildman–Crippen LogP) is 0.809. The van der Waals surface area contributed by atoms with Crippen LogP contribution in [0.5, 0.6) is 5.75 Å². The number of rotatable bonds is 9. The summed E-state index contributed by atoms with van der Waals surface area (Å²) in [6.07, 6.45) is 2.05. The van der Waals surface area contributed by atoms with Crippen molar-refractivity contribution in [3.05, 3.63) is 24.3 Å². The van der Waals surface area contributed by atoms with E-state index in [1.165, 1.54) is 0 Å². The minimum Gasteiger partial charge on any atom is -0.491 e. The lowest BCUT2D eigenvalue weighted by Crippen LogP contribution is -2.26. The van der Waals surface area contributed by atoms with Gasteiger partial charge in [-0.25, -0.2) is 0 Å². The van der Waals surface area contributed by atoms with E-state index in [4.69, 9.17) is 16.2 Å². The third kappa shape index (κ3) is 6.63. The van der Waals surface area contributed by atoms with Gasteiger partial charge in [-0.1, -0.05) is 12.1 Å². The molecule has 0 spiro atoms. The molecular weight excluding hydrogens is 258 g/mol. The number of carbonyl (C=O) groups is 2. The number of hydrogen-bond donors (Lipinski definition) is 3. The van der Waals surface area contributed by atoms with Crippen molar-refractivity contribution in [1.82, 2.24) is 5.32 Å². The number of nitrogens with one attached hydrogen (secondary N) is 1. The Labute approximate surface area is 118 Å². The molecular formula is C14H21N3O3. The molecule has 1 aromatic carbocycles. The third-order valence-corrected chi connectivity index (χ3v) is 2.68. The molecule has 0 fully saturated rings. The molecule has 0 saturated heterocycles. The highest BCUT2D eigenvalue weighted by Gasteiger charge is 2.03. The summed E-state index contributed by atoms with van der Waals surface area (Å²) in [5.41, 5.74) is 11.3. The smallest absolute Gasteiger partial charge is 0.223 e. The maximum atomic E-state index is 11.5. The molecule has 6 nitrogen and oxygen atoms in total. The second-order valence-electron chi connectivity index (χ2n) is 4.41. The monoisotopic (exact) mass is 279 g/mol. The van der Waals surface area contributed by atoms with E-state index in [0.29, 0.717) is 30.8 Å². The summed E-state index contributed by atoms with van der Waals surface area (Å²) >= 11 is 0. The first kappa shape index (κ1) is 15.8. The van der Waals surface area contributed by atoms with Crippen LogP contribution in [0.3, 0.4) is 0 Å². The Kier molecular flexibility index (Phi) is 6.95. The van der Waals surface area contributed by atoms with E-state index in [2.05, 4.69) is 5.32 Å². The molecule has 5 N–H and O–H groups in total. The molecule has 2 amide bonds. The van der Waals surface area contributed by atoms with Crippen molar-refractivity contribution in [1.29, 1.82) is 0 Å². The molecule has 0 bridgehead atoms. The lowest BCUT2D eigenvalue weighted by Gasteiger charge is -2.08. The second kappa shape index (κ2) is 8.79. The number of nitrogen functional groups attached to an aromatic ring is 1. The van der Waals surface area contributed by atoms with Gasteiger partial charge in [0.1, 0.15) is 5.75 Å². The molecule has 1 rings (SSSR count). The summed E-state index contributed by atoms with van der Waals surface area (Å²) in [6.45, 7) is 0.820. The number of unbranched alkanes of at least 4 members (excludes halogenated alkanes) is 1. The van der Waals surface area contributed by atoms with Crippen molar-refractivity contribution in [2.75, 3.05) is 18.9 Å². The van der Waals surface area contributed by atoms with Crippen LogP contribution in [0.15, 0.2) is 24.3 Å². The molecule has 0 heterocycles. The van der Waals surface area contributed by atoms with Gasteiger partial charge in [-0.15, -0.1) is 0 Å². The first-order valence-corrected chi connectivity index (χ1v) is 6.62. The molecule has 6 heteroatoms. The van der Waals surface area contributed by atoms with E-state index in [-0.39, 0.29) is 24.8 Å². The van der Waals surface area contributed by atoms with Gasteiger partial charge in [0, 0.05) is 13.0 Å². The van der Waals surface area contributed by atoms with E-state index >= 15 is 0 Å². The van der Waals surface area contributed by atoms with Crippen molar-refractivity contribution >= 4 is 17.5 Å². The van der Waals surface area contributed by atoms with Crippen LogP contribution in [0.2, 0.25) is 0 Å². The molecule has 0 unspecified atom stereocenters. The Morgan fingerprint density at radius 1 is 1.15 bits per heavy atom. The van der Waals surface area contributed by atoms with Gasteiger partial charge >= 0.3 is 0 Å². The van der Waals surface area contributed by atoms with E-state index in [1.54, 1.807) is 12.1 Å². The Bertz CT molecular complexity index is 449. The number of para-hydroxylation sites is 2. The van der Waals surface area contributed by atoms with Crippen LogP contribution in [0.4, 0.5) is 5.69 Å². The van der Waals surface area contributed by atoms with Crippen molar-refractivity contribution < 1.29 is 14.3 Å². The van der Waals surface area contributed by atoms with Crippen molar-refractivity contribution in [3.8, 4) is 5.75 Å². The Balaban J connectivity index is 2.09. The Morgan fingerprint density at radius 2 is 1.90 bits per heavy atom. The minimum atomic E-state index is -0.315. The average molecular weight is 279 g/mol. The zero-order valence-electron chi connectivity index (χ0n) is 11.4. The van der Waals surface area contributed by atoms with Crippen LogP contribution in [-0.2, 0) is 9.59 Å². The molecule has 0 radical (unpaired) electrons. The van der Waals surface area contributed by atoms with E-state index in [0.717, 1.165) is 6.42 Å². The first-order chi connectivity index (χ1) is 9.59. The van der Waals surface area contributed by atoms with Gasteiger partial charge in [0.2, 0.25) is 11.8 Å². The molecule has 1 aromatic rings. The SMILES string of the molecule is NC(=O)CCCCNC(=O)CCOc1ccccc1N. The lowest BCUT2D eigenvalue weighted by atomic mass is 10.2. The van der Waals surface area contributed by atoms with Gasteiger partial charge < -0.3 is 21.5 Å². The molecule has 0 aromatic heterocycles. The van der Waals surface area contributed by atoms with Gasteiger partial charge in [-0.2, -0.15) is 0 Å². The predicted molar refractivity (Wildman–Crippen MR) is 77.0 cm³/mol. The fourth-order valence-electron chi connectivity index (χ4n) is 1.61. The molecule has 0 aliphatic heterocycles. The summed E-state index contributed by atoms with van der Waals surface area (Å²) in [7, 11) is 0. The second-order valence-corrected chi connectivity index (χ2v) is 4.41. The third-order valence-electron chi connectivity index (χ3n) is 2.68. The molecule has 110 valence electrons. The highest BCUT2D eigenvalue weighted by Crippen LogP contribution is 2.19. The number of carbonyl (C=O) groups excluding carboxylic acids is 2. The minimum absolute atomic E-state index is 0.0847. The summed E-state index contributed by atoms with van der Waals surface area (Å²) in [5, 5.41) is 2.75. The zero-order valence-corrected chi connectivity index (χ0v) is 11.4. The number of hydrogen-bond acceptors (Lipinski definition) is 4. The number of ether oxygens (including phenoxy) is 1. The van der Waals surface area contributed by atoms with Crippen molar-refractivity contribution in [2.24, 2.45) is 5.73 Å². The Morgan fingerprint density at radius 3 is 2.60 bits per heavy atom. The van der Waals surface area contributed by atoms with Crippen LogP contribution in [0.1, 0.15) is 25.7 Å². The number of anilines is 1. The highest BCUT2D eigenvalue weighted by molar-refractivity contribution is 5.76. The fourth-order valence-corrected chi connectivity index (χ4v) is 1.61. The van der Waals surface area contributed by atoms with Crippen LogP contribution in [-0.4, -0.2) is 25.0 Å². The number of amides is 2. The average Bonchev–Trinajstić information content (AvgIpc) is 2.40. The molecule has 0 atom stereocenters. The maximum absolute atomic E-state index is 11.5. The van der Waals surface area contributed by atoms with Crippen LogP contribution < -0.4 is 21.5 Å². The largest absolute Gasteiger partial charge is 0.491 e. The van der Waals surface area contributed by atoms with E-state index in [9.17, 15) is 9.59 Å². The van der Waals surface area contributed by atoms with E-state index in [1.807, 2.05) is 12.1 Å². The summed E-state index contributed by atoms with van der Waals surface area (Å²) in [5.74, 6) is 0.186. The van der Waals surface area contributed by atoms with Gasteiger partial charge in [-0.3, -0.25) is 9.59 Å². The maximum Gasteiger partial charge on any atom is 0.223 e. The number of nitrogens with two attached hydrogens (primary N) is 2. The van der Waals surface area contributed by atoms with Crippen LogP contribution in [0.25, 0.3) is 0 Å². The van der Waals surface area contributed by atoms with Crippen molar-refractivity contribution in [3.63, 3.8) is 0 Å². The molecule has 0 aliphatic carbocycles. The highest BCUT2D eigenvalue weighted by atomic mass is 16.5.